The number of piperidine rings is 1. The molecule has 2 aliphatic rings. The van der Waals surface area contributed by atoms with Gasteiger partial charge < -0.3 is 10.1 Å². The molecule has 4 heteroatoms. The van der Waals surface area contributed by atoms with Crippen LogP contribution in [0.5, 0.6) is 0 Å². The Morgan fingerprint density at radius 2 is 1.87 bits per heavy atom. The number of carbonyl (C=O) groups excluding carboxylic acids is 1. The van der Waals surface area contributed by atoms with Crippen molar-refractivity contribution in [3.05, 3.63) is 0 Å². The second-order valence-electron chi connectivity index (χ2n) is 4.39. The van der Waals surface area contributed by atoms with Crippen LogP contribution >= 0.6 is 12.4 Å². The first-order valence-corrected chi connectivity index (χ1v) is 5.77. The van der Waals surface area contributed by atoms with Gasteiger partial charge in [-0.1, -0.05) is 12.8 Å². The largest absolute Gasteiger partial charge is 0.461 e. The highest BCUT2D eigenvalue weighted by molar-refractivity contribution is 5.85. The summed E-state index contributed by atoms with van der Waals surface area (Å²) in [5, 5.41) is 3.25. The van der Waals surface area contributed by atoms with Gasteiger partial charge in [-0.15, -0.1) is 12.4 Å². The molecule has 88 valence electrons. The molecule has 1 unspecified atom stereocenters. The van der Waals surface area contributed by atoms with Crippen molar-refractivity contribution >= 4 is 18.4 Å². The van der Waals surface area contributed by atoms with Crippen LogP contribution in [-0.2, 0) is 9.53 Å². The maximum absolute atomic E-state index is 11.7. The molecule has 1 aliphatic carbocycles. The van der Waals surface area contributed by atoms with E-state index in [0.29, 0.717) is 0 Å². The lowest BCUT2D eigenvalue weighted by Gasteiger charge is -2.24. The van der Waals surface area contributed by atoms with E-state index in [9.17, 15) is 4.79 Å². The molecule has 1 N–H and O–H groups in total. The number of esters is 1. The Morgan fingerprint density at radius 1 is 1.13 bits per heavy atom. The van der Waals surface area contributed by atoms with Crippen molar-refractivity contribution in [3.63, 3.8) is 0 Å². The van der Waals surface area contributed by atoms with Crippen LogP contribution in [-0.4, -0.2) is 25.2 Å². The molecule has 1 heterocycles. The monoisotopic (exact) mass is 233 g/mol. The molecule has 0 aromatic carbocycles. The van der Waals surface area contributed by atoms with Crippen molar-refractivity contribution in [1.82, 2.24) is 5.32 Å². The fraction of sp³-hybridized carbons (Fsp3) is 0.909. The average molecular weight is 234 g/mol. The van der Waals surface area contributed by atoms with Crippen molar-refractivity contribution < 1.29 is 9.53 Å². The Morgan fingerprint density at radius 3 is 2.47 bits per heavy atom. The zero-order valence-electron chi connectivity index (χ0n) is 9.04. The van der Waals surface area contributed by atoms with Crippen LogP contribution in [0.15, 0.2) is 0 Å². The summed E-state index contributed by atoms with van der Waals surface area (Å²) in [5.41, 5.74) is 0. The van der Waals surface area contributed by atoms with Gasteiger partial charge in [-0.05, 0) is 32.2 Å². The summed E-state index contributed by atoms with van der Waals surface area (Å²) in [6, 6.07) is 0. The first-order chi connectivity index (χ1) is 6.86. The second kappa shape index (κ2) is 6.33. The van der Waals surface area contributed by atoms with E-state index in [-0.39, 0.29) is 30.4 Å². The van der Waals surface area contributed by atoms with E-state index < -0.39 is 0 Å². The Labute approximate surface area is 97.4 Å². The maximum Gasteiger partial charge on any atom is 0.309 e. The molecular formula is C11H20ClNO2. The SMILES string of the molecule is Cl.O=C(OC1CCCNC1)C1CCCC1. The third kappa shape index (κ3) is 3.65. The van der Waals surface area contributed by atoms with Crippen molar-refractivity contribution in [3.8, 4) is 0 Å². The molecule has 0 amide bonds. The van der Waals surface area contributed by atoms with E-state index in [1.807, 2.05) is 0 Å². The van der Waals surface area contributed by atoms with Gasteiger partial charge in [-0.3, -0.25) is 4.79 Å². The third-order valence-corrected chi connectivity index (χ3v) is 3.22. The van der Waals surface area contributed by atoms with Crippen molar-refractivity contribution in [2.24, 2.45) is 5.92 Å². The molecule has 3 nitrogen and oxygen atoms in total. The molecule has 0 spiro atoms. The molecule has 0 radical (unpaired) electrons. The Kier molecular flexibility index (Phi) is 5.40. The van der Waals surface area contributed by atoms with E-state index in [2.05, 4.69) is 5.32 Å². The highest BCUT2D eigenvalue weighted by Crippen LogP contribution is 2.26. The number of ether oxygens (including phenoxy) is 1. The number of carbonyl (C=O) groups is 1. The van der Waals surface area contributed by atoms with Crippen LogP contribution in [0.25, 0.3) is 0 Å². The first-order valence-electron chi connectivity index (χ1n) is 5.77. The minimum absolute atomic E-state index is 0. The van der Waals surface area contributed by atoms with Gasteiger partial charge in [0, 0.05) is 6.54 Å². The smallest absolute Gasteiger partial charge is 0.309 e. The van der Waals surface area contributed by atoms with Gasteiger partial charge in [0.25, 0.3) is 0 Å². The van der Waals surface area contributed by atoms with Crippen molar-refractivity contribution in [2.75, 3.05) is 13.1 Å². The molecule has 15 heavy (non-hydrogen) atoms. The fourth-order valence-electron chi connectivity index (χ4n) is 2.34. The summed E-state index contributed by atoms with van der Waals surface area (Å²) in [6.45, 7) is 1.91. The number of rotatable bonds is 2. The second-order valence-corrected chi connectivity index (χ2v) is 4.39. The zero-order chi connectivity index (χ0) is 9.80. The minimum atomic E-state index is 0. The first kappa shape index (κ1) is 12.8. The van der Waals surface area contributed by atoms with Crippen molar-refractivity contribution in [1.29, 1.82) is 0 Å². The highest BCUT2D eigenvalue weighted by Gasteiger charge is 2.26. The van der Waals surface area contributed by atoms with Crippen LogP contribution < -0.4 is 5.32 Å². The van der Waals surface area contributed by atoms with Gasteiger partial charge in [0.2, 0.25) is 0 Å². The van der Waals surface area contributed by atoms with Crippen LogP contribution in [0.2, 0.25) is 0 Å². The predicted molar refractivity (Wildman–Crippen MR) is 61.2 cm³/mol. The number of hydrogen-bond donors (Lipinski definition) is 1. The Bertz CT molecular complexity index is 199. The summed E-state index contributed by atoms with van der Waals surface area (Å²) in [6.07, 6.45) is 6.77. The predicted octanol–water partition coefficient (Wildman–Crippen LogP) is 1.89. The summed E-state index contributed by atoms with van der Waals surface area (Å²) in [7, 11) is 0. The molecule has 1 saturated carbocycles. The molecule has 1 saturated heterocycles. The topological polar surface area (TPSA) is 38.3 Å². The van der Waals surface area contributed by atoms with Gasteiger partial charge in [0.1, 0.15) is 6.10 Å². The molecule has 1 atom stereocenters. The fourth-order valence-corrected chi connectivity index (χ4v) is 2.34. The van der Waals surface area contributed by atoms with Gasteiger partial charge in [-0.2, -0.15) is 0 Å². The van der Waals surface area contributed by atoms with Crippen LogP contribution in [0.4, 0.5) is 0 Å². The van der Waals surface area contributed by atoms with E-state index >= 15 is 0 Å². The summed E-state index contributed by atoms with van der Waals surface area (Å²) < 4.78 is 5.47. The molecule has 1 aliphatic heterocycles. The molecule has 2 rings (SSSR count). The van der Waals surface area contributed by atoms with Gasteiger partial charge in [0.15, 0.2) is 0 Å². The highest BCUT2D eigenvalue weighted by atomic mass is 35.5. The average Bonchev–Trinajstić information content (AvgIpc) is 2.72. The minimum Gasteiger partial charge on any atom is -0.461 e. The van der Waals surface area contributed by atoms with Gasteiger partial charge in [0.05, 0.1) is 5.92 Å². The Hall–Kier alpha value is -0.280. The standard InChI is InChI=1S/C11H19NO2.ClH/c13-11(9-4-1-2-5-9)14-10-6-3-7-12-8-10;/h9-10,12H,1-8H2;1H. The number of hydrogen-bond acceptors (Lipinski definition) is 3. The van der Waals surface area contributed by atoms with Gasteiger partial charge >= 0.3 is 5.97 Å². The van der Waals surface area contributed by atoms with E-state index in [1.165, 1.54) is 12.8 Å². The molecular weight excluding hydrogens is 214 g/mol. The number of halogens is 1. The maximum atomic E-state index is 11.7. The lowest BCUT2D eigenvalue weighted by Crippen LogP contribution is -2.37. The summed E-state index contributed by atoms with van der Waals surface area (Å²) in [4.78, 5) is 11.7. The lowest BCUT2D eigenvalue weighted by molar-refractivity contribution is -0.154. The molecule has 0 aromatic heterocycles. The van der Waals surface area contributed by atoms with Crippen LogP contribution in [0.3, 0.4) is 0 Å². The van der Waals surface area contributed by atoms with Crippen molar-refractivity contribution in [2.45, 2.75) is 44.6 Å². The molecule has 2 fully saturated rings. The number of nitrogens with one attached hydrogen (secondary N) is 1. The third-order valence-electron chi connectivity index (χ3n) is 3.22. The molecule has 0 bridgehead atoms. The summed E-state index contributed by atoms with van der Waals surface area (Å²) >= 11 is 0. The van der Waals surface area contributed by atoms with E-state index in [4.69, 9.17) is 4.74 Å². The van der Waals surface area contributed by atoms with Crippen LogP contribution in [0.1, 0.15) is 38.5 Å². The van der Waals surface area contributed by atoms with Gasteiger partial charge in [-0.25, -0.2) is 0 Å². The van der Waals surface area contributed by atoms with E-state index in [0.717, 1.165) is 38.8 Å². The normalized spacial score (nSPS) is 27.1. The van der Waals surface area contributed by atoms with Crippen LogP contribution in [0, 0.1) is 5.92 Å². The quantitative estimate of drug-likeness (QED) is 0.741. The molecule has 0 aromatic rings. The van der Waals surface area contributed by atoms with E-state index in [1.54, 1.807) is 0 Å². The zero-order valence-corrected chi connectivity index (χ0v) is 9.85. The lowest BCUT2D eigenvalue weighted by atomic mass is 10.1. The Balaban J connectivity index is 0.00000112. The summed E-state index contributed by atoms with van der Waals surface area (Å²) in [5.74, 6) is 0.258.